The fourth-order valence-electron chi connectivity index (χ4n) is 1.73. The van der Waals surface area contributed by atoms with Crippen LogP contribution in [-0.4, -0.2) is 32.0 Å². The van der Waals surface area contributed by atoms with Gasteiger partial charge in [-0.1, -0.05) is 6.92 Å². The van der Waals surface area contributed by atoms with Crippen LogP contribution in [0.5, 0.6) is 0 Å². The highest BCUT2D eigenvalue weighted by Crippen LogP contribution is 2.15. The molecule has 0 radical (unpaired) electrons. The van der Waals surface area contributed by atoms with Crippen LogP contribution in [0.4, 0.5) is 13.2 Å². The predicted molar refractivity (Wildman–Crippen MR) is 71.6 cm³/mol. The maximum atomic E-state index is 11.9. The lowest BCUT2D eigenvalue weighted by Crippen LogP contribution is -2.33. The normalized spacial score (nSPS) is 13.7. The largest absolute Gasteiger partial charge is 0.411 e. The minimum Gasteiger partial charge on any atom is -0.372 e. The van der Waals surface area contributed by atoms with Gasteiger partial charge in [0, 0.05) is 12.6 Å². The molecule has 2 nitrogen and oxygen atoms in total. The molecular formula is C13H20F3NOS. The van der Waals surface area contributed by atoms with Gasteiger partial charge in [-0.05, 0) is 48.2 Å². The van der Waals surface area contributed by atoms with Crippen molar-refractivity contribution in [2.45, 2.75) is 38.4 Å². The molecule has 110 valence electrons. The molecule has 1 N–H and O–H groups in total. The van der Waals surface area contributed by atoms with Crippen LogP contribution in [0, 0.1) is 0 Å². The number of thiophene rings is 1. The minimum atomic E-state index is -4.24. The molecule has 1 heterocycles. The van der Waals surface area contributed by atoms with Gasteiger partial charge in [0.05, 0.1) is 0 Å². The van der Waals surface area contributed by atoms with E-state index < -0.39 is 12.8 Å². The van der Waals surface area contributed by atoms with Crippen LogP contribution in [0.3, 0.4) is 0 Å². The molecule has 1 aromatic heterocycles. The van der Waals surface area contributed by atoms with Crippen molar-refractivity contribution in [3.63, 3.8) is 0 Å². The highest BCUT2D eigenvalue weighted by atomic mass is 32.1. The molecule has 0 saturated carbocycles. The predicted octanol–water partition coefficient (Wildman–Crippen LogP) is 3.63. The van der Waals surface area contributed by atoms with E-state index in [1.54, 1.807) is 11.3 Å². The molecule has 1 unspecified atom stereocenters. The summed E-state index contributed by atoms with van der Waals surface area (Å²) in [7, 11) is 0. The van der Waals surface area contributed by atoms with Crippen molar-refractivity contribution in [1.82, 2.24) is 5.32 Å². The second-order valence-corrected chi connectivity index (χ2v) is 5.22. The molecule has 0 bridgehead atoms. The van der Waals surface area contributed by atoms with Gasteiger partial charge in [0.25, 0.3) is 0 Å². The van der Waals surface area contributed by atoms with E-state index in [-0.39, 0.29) is 12.6 Å². The maximum Gasteiger partial charge on any atom is 0.411 e. The molecule has 0 amide bonds. The molecule has 19 heavy (non-hydrogen) atoms. The van der Waals surface area contributed by atoms with Gasteiger partial charge < -0.3 is 10.1 Å². The van der Waals surface area contributed by atoms with Crippen molar-refractivity contribution in [2.75, 3.05) is 19.8 Å². The summed E-state index contributed by atoms with van der Waals surface area (Å²) in [6.07, 6.45) is -1.81. The van der Waals surface area contributed by atoms with E-state index in [9.17, 15) is 13.2 Å². The number of hydrogen-bond donors (Lipinski definition) is 1. The van der Waals surface area contributed by atoms with Crippen LogP contribution in [0.25, 0.3) is 0 Å². The fraction of sp³-hybridized carbons (Fsp3) is 0.692. The second kappa shape index (κ2) is 8.55. The van der Waals surface area contributed by atoms with Crippen LogP contribution in [-0.2, 0) is 11.2 Å². The lowest BCUT2D eigenvalue weighted by Gasteiger charge is -2.18. The lowest BCUT2D eigenvalue weighted by atomic mass is 10.1. The third kappa shape index (κ3) is 8.23. The molecule has 0 aliphatic carbocycles. The summed E-state index contributed by atoms with van der Waals surface area (Å²) < 4.78 is 40.5. The summed E-state index contributed by atoms with van der Waals surface area (Å²) in [6, 6.07) is 2.21. The van der Waals surface area contributed by atoms with Crippen molar-refractivity contribution >= 4 is 11.3 Å². The van der Waals surface area contributed by atoms with Crippen molar-refractivity contribution in [3.8, 4) is 0 Å². The van der Waals surface area contributed by atoms with Gasteiger partial charge in [0.2, 0.25) is 0 Å². The molecule has 0 spiro atoms. The molecule has 0 aromatic carbocycles. The Hall–Kier alpha value is -0.590. The second-order valence-electron chi connectivity index (χ2n) is 4.44. The van der Waals surface area contributed by atoms with E-state index in [4.69, 9.17) is 0 Å². The summed E-state index contributed by atoms with van der Waals surface area (Å²) in [5.74, 6) is 0. The first-order valence-corrected chi connectivity index (χ1v) is 7.34. The first-order chi connectivity index (χ1) is 9.01. The Morgan fingerprint density at radius 2 is 2.21 bits per heavy atom. The van der Waals surface area contributed by atoms with Crippen molar-refractivity contribution in [1.29, 1.82) is 0 Å². The molecule has 0 aliphatic heterocycles. The smallest absolute Gasteiger partial charge is 0.372 e. The summed E-state index contributed by atoms with van der Waals surface area (Å²) in [4.78, 5) is 0. The van der Waals surface area contributed by atoms with Gasteiger partial charge in [-0.25, -0.2) is 0 Å². The molecule has 1 rings (SSSR count). The minimum absolute atomic E-state index is 0.130. The van der Waals surface area contributed by atoms with Gasteiger partial charge in [0.15, 0.2) is 0 Å². The third-order valence-corrected chi connectivity index (χ3v) is 3.35. The number of ether oxygens (including phenoxy) is 1. The Labute approximate surface area is 116 Å². The Balaban J connectivity index is 2.29. The van der Waals surface area contributed by atoms with E-state index in [1.165, 1.54) is 5.56 Å². The summed E-state index contributed by atoms with van der Waals surface area (Å²) in [5.41, 5.74) is 1.22. The van der Waals surface area contributed by atoms with Crippen LogP contribution in [0.15, 0.2) is 16.8 Å². The highest BCUT2D eigenvalue weighted by molar-refractivity contribution is 7.07. The van der Waals surface area contributed by atoms with E-state index in [2.05, 4.69) is 22.4 Å². The third-order valence-electron chi connectivity index (χ3n) is 2.62. The number of hydrogen-bond acceptors (Lipinski definition) is 3. The molecule has 0 aliphatic rings. The molecule has 0 fully saturated rings. The molecule has 6 heteroatoms. The van der Waals surface area contributed by atoms with Gasteiger partial charge in [-0.2, -0.15) is 24.5 Å². The van der Waals surface area contributed by atoms with Gasteiger partial charge in [-0.15, -0.1) is 0 Å². The number of nitrogens with one attached hydrogen (secondary N) is 1. The Morgan fingerprint density at radius 3 is 2.79 bits per heavy atom. The van der Waals surface area contributed by atoms with E-state index in [1.807, 2.05) is 11.4 Å². The number of halogens is 3. The van der Waals surface area contributed by atoms with E-state index >= 15 is 0 Å². The van der Waals surface area contributed by atoms with Gasteiger partial charge in [0.1, 0.15) is 6.61 Å². The average Bonchev–Trinajstić information content (AvgIpc) is 2.82. The molecule has 1 aromatic rings. The zero-order valence-corrected chi connectivity index (χ0v) is 11.8. The molecule has 0 saturated heterocycles. The fourth-order valence-corrected chi connectivity index (χ4v) is 2.41. The Morgan fingerprint density at radius 1 is 1.42 bits per heavy atom. The zero-order valence-electron chi connectivity index (χ0n) is 11.0. The maximum absolute atomic E-state index is 11.9. The van der Waals surface area contributed by atoms with Crippen molar-refractivity contribution < 1.29 is 17.9 Å². The monoisotopic (exact) mass is 295 g/mol. The number of alkyl halides is 3. The molecular weight excluding hydrogens is 275 g/mol. The standard InChI is InChI=1S/C13H20F3NOS/c1-2-5-17-12(8-11-4-7-19-9-11)3-6-18-10-13(14,15)16/h4,7,9,12,17H,2-3,5-6,8,10H2,1H3. The van der Waals surface area contributed by atoms with Gasteiger partial charge >= 0.3 is 6.18 Å². The average molecular weight is 295 g/mol. The van der Waals surface area contributed by atoms with Crippen LogP contribution < -0.4 is 5.32 Å². The highest BCUT2D eigenvalue weighted by Gasteiger charge is 2.27. The van der Waals surface area contributed by atoms with Crippen molar-refractivity contribution in [2.24, 2.45) is 0 Å². The van der Waals surface area contributed by atoms with Crippen molar-refractivity contribution in [3.05, 3.63) is 22.4 Å². The quantitative estimate of drug-likeness (QED) is 0.702. The summed E-state index contributed by atoms with van der Waals surface area (Å²) >= 11 is 1.63. The number of rotatable bonds is 9. The SMILES string of the molecule is CCCNC(CCOCC(F)(F)F)Cc1ccsc1. The zero-order chi connectivity index (χ0) is 14.1. The summed E-state index contributed by atoms with van der Waals surface area (Å²) in [5, 5.41) is 7.42. The lowest BCUT2D eigenvalue weighted by molar-refractivity contribution is -0.174. The Bertz CT molecular complexity index is 327. The van der Waals surface area contributed by atoms with Crippen LogP contribution in [0.2, 0.25) is 0 Å². The van der Waals surface area contributed by atoms with Crippen LogP contribution in [0.1, 0.15) is 25.3 Å². The van der Waals surface area contributed by atoms with E-state index in [0.29, 0.717) is 6.42 Å². The Kier molecular flexibility index (Phi) is 7.41. The molecule has 1 atom stereocenters. The first-order valence-electron chi connectivity index (χ1n) is 6.40. The van der Waals surface area contributed by atoms with Crippen LogP contribution >= 0.6 is 11.3 Å². The van der Waals surface area contributed by atoms with E-state index in [0.717, 1.165) is 19.4 Å². The first kappa shape index (κ1) is 16.5. The summed E-state index contributed by atoms with van der Waals surface area (Å²) in [6.45, 7) is 1.90. The van der Waals surface area contributed by atoms with Gasteiger partial charge in [-0.3, -0.25) is 0 Å². The topological polar surface area (TPSA) is 21.3 Å².